The molecule has 3 heterocycles. The summed E-state index contributed by atoms with van der Waals surface area (Å²) in [7, 11) is 0. The molecule has 1 aliphatic carbocycles. The van der Waals surface area contributed by atoms with Crippen molar-refractivity contribution in [3.8, 4) is 0 Å². The highest BCUT2D eigenvalue weighted by molar-refractivity contribution is 6.41. The van der Waals surface area contributed by atoms with Crippen molar-refractivity contribution in [1.82, 2.24) is 19.5 Å². The summed E-state index contributed by atoms with van der Waals surface area (Å²) in [6.45, 7) is 0.622. The topological polar surface area (TPSA) is 140 Å². The largest absolute Gasteiger partial charge is 0.388 e. The summed E-state index contributed by atoms with van der Waals surface area (Å²) in [5.74, 6) is 0.425. The number of halogens is 3. The molecule has 35 heavy (non-hydrogen) atoms. The summed E-state index contributed by atoms with van der Waals surface area (Å²) in [6.07, 6.45) is 3.76. The maximum absolute atomic E-state index is 11.7. The number of imidazole rings is 1. The van der Waals surface area contributed by atoms with E-state index in [-0.39, 0.29) is 30.5 Å². The number of anilines is 3. The molecule has 2 unspecified atom stereocenters. The van der Waals surface area contributed by atoms with Gasteiger partial charge in [-0.05, 0) is 37.8 Å². The second kappa shape index (κ2) is 9.94. The Bertz CT molecular complexity index is 1240. The van der Waals surface area contributed by atoms with Crippen LogP contribution in [-0.2, 0) is 9.53 Å². The molecule has 186 valence electrons. The van der Waals surface area contributed by atoms with Crippen LogP contribution < -0.4 is 16.4 Å². The molecule has 10 nitrogen and oxygen atoms in total. The maximum atomic E-state index is 11.7. The van der Waals surface area contributed by atoms with Gasteiger partial charge in [0, 0.05) is 17.0 Å². The van der Waals surface area contributed by atoms with Crippen molar-refractivity contribution in [2.45, 2.75) is 43.9 Å². The normalized spacial score (nSPS) is 24.6. The predicted octanol–water partition coefficient (Wildman–Crippen LogP) is 3.92. The zero-order chi connectivity index (χ0) is 24.7. The monoisotopic (exact) mass is 539 g/mol. The van der Waals surface area contributed by atoms with Gasteiger partial charge in [-0.15, -0.1) is 0 Å². The average molecular weight is 541 g/mol. The fourth-order valence-corrected chi connectivity index (χ4v) is 5.54. The lowest BCUT2D eigenvalue weighted by atomic mass is 9.85. The van der Waals surface area contributed by atoms with E-state index in [9.17, 15) is 9.90 Å². The summed E-state index contributed by atoms with van der Waals surface area (Å²) in [6, 6.07) is 2.89. The molecule has 0 radical (unpaired) electrons. The summed E-state index contributed by atoms with van der Waals surface area (Å²) >= 11 is 18.9. The lowest BCUT2D eigenvalue weighted by Crippen LogP contribution is -2.32. The molecule has 1 amide bonds. The molecule has 0 spiro atoms. The molecular weight excluding hydrogens is 517 g/mol. The van der Waals surface area contributed by atoms with Crippen molar-refractivity contribution in [2.24, 2.45) is 11.7 Å². The van der Waals surface area contributed by atoms with Crippen LogP contribution in [0.1, 0.15) is 31.7 Å². The Balaban J connectivity index is 1.54. The van der Waals surface area contributed by atoms with E-state index in [1.807, 2.05) is 4.57 Å². The van der Waals surface area contributed by atoms with Gasteiger partial charge in [0.1, 0.15) is 5.52 Å². The third-order valence-corrected chi connectivity index (χ3v) is 7.32. The summed E-state index contributed by atoms with van der Waals surface area (Å²) in [4.78, 5) is 25.5. The number of aliphatic hydroxyl groups is 1. The lowest BCUT2D eigenvalue weighted by Gasteiger charge is -2.29. The first-order valence-corrected chi connectivity index (χ1v) is 12.4. The number of nitrogens with zero attached hydrogens (tertiary/aromatic N) is 4. The van der Waals surface area contributed by atoms with E-state index >= 15 is 0 Å². The molecule has 1 aromatic carbocycles. The summed E-state index contributed by atoms with van der Waals surface area (Å²) < 4.78 is 7.30. The van der Waals surface area contributed by atoms with Gasteiger partial charge >= 0.3 is 0 Å². The minimum Gasteiger partial charge on any atom is -0.388 e. The molecule has 1 saturated carbocycles. The molecule has 0 bridgehead atoms. The Labute approximate surface area is 216 Å². The van der Waals surface area contributed by atoms with Gasteiger partial charge < -0.3 is 26.2 Å². The number of aliphatic hydroxyl groups excluding tert-OH is 1. The van der Waals surface area contributed by atoms with Crippen molar-refractivity contribution >= 4 is 69.5 Å². The highest BCUT2D eigenvalue weighted by Gasteiger charge is 2.30. The van der Waals surface area contributed by atoms with Crippen LogP contribution in [0.15, 0.2) is 18.3 Å². The SMILES string of the molecule is NC(=O)[C@H]1CC[C@H](n2c(Nc3c(Cl)cc(Cl)cc3Cl)nc3cnc(NC4COCC4O)nc32)CC1. The number of carbonyl (C=O) groups excluding carboxylic acids is 1. The van der Waals surface area contributed by atoms with Gasteiger partial charge in [-0.3, -0.25) is 9.36 Å². The van der Waals surface area contributed by atoms with Gasteiger partial charge in [0.25, 0.3) is 0 Å². The van der Waals surface area contributed by atoms with Gasteiger partial charge in [-0.25, -0.2) is 9.97 Å². The standard InChI is InChI=1S/C22H24Cl3N7O3/c23-11-5-13(24)18(14(25)6-11)30-22-29-15-7-27-21(28-16-8-35-9-17(16)33)31-20(15)32(22)12-3-1-10(2-4-12)19(26)34/h5-7,10,12,16-17,33H,1-4,8-9H2,(H2,26,34)(H,29,30)(H,27,28,31)/t10-,12-,16?,17?. The van der Waals surface area contributed by atoms with E-state index in [1.165, 1.54) is 0 Å². The Morgan fingerprint density at radius 2 is 1.83 bits per heavy atom. The Hall–Kier alpha value is -2.37. The van der Waals surface area contributed by atoms with E-state index in [2.05, 4.69) is 15.6 Å². The van der Waals surface area contributed by atoms with Crippen LogP contribution in [0.2, 0.25) is 15.1 Å². The number of rotatable bonds is 6. The average Bonchev–Trinajstić information content (AvgIpc) is 3.38. The van der Waals surface area contributed by atoms with Gasteiger partial charge in [-0.2, -0.15) is 4.98 Å². The number of nitrogens with two attached hydrogens (primary N) is 1. The number of hydrogen-bond acceptors (Lipinski definition) is 8. The Kier molecular flexibility index (Phi) is 6.91. The highest BCUT2D eigenvalue weighted by atomic mass is 35.5. The molecular formula is C22H24Cl3N7O3. The quantitative estimate of drug-likeness (QED) is 0.369. The third kappa shape index (κ3) is 4.99. The fraction of sp³-hybridized carbons (Fsp3) is 0.455. The van der Waals surface area contributed by atoms with Crippen molar-refractivity contribution < 1.29 is 14.6 Å². The molecule has 2 aromatic heterocycles. The van der Waals surface area contributed by atoms with Gasteiger partial charge in [0.05, 0.1) is 47.3 Å². The molecule has 2 fully saturated rings. The molecule has 13 heteroatoms. The smallest absolute Gasteiger partial charge is 0.225 e. The number of benzene rings is 1. The van der Waals surface area contributed by atoms with Crippen LogP contribution in [0.5, 0.6) is 0 Å². The molecule has 2 atom stereocenters. The van der Waals surface area contributed by atoms with Crippen LogP contribution >= 0.6 is 34.8 Å². The van der Waals surface area contributed by atoms with E-state index in [0.717, 1.165) is 12.8 Å². The number of carbonyl (C=O) groups is 1. The van der Waals surface area contributed by atoms with Crippen LogP contribution in [0.4, 0.5) is 17.6 Å². The number of ether oxygens (including phenoxy) is 1. The second-order valence-electron chi connectivity index (χ2n) is 8.84. The molecule has 1 saturated heterocycles. The van der Waals surface area contributed by atoms with Crippen molar-refractivity contribution in [3.05, 3.63) is 33.4 Å². The third-order valence-electron chi connectivity index (χ3n) is 6.51. The summed E-state index contributed by atoms with van der Waals surface area (Å²) in [5.41, 5.74) is 7.18. The number of nitrogens with one attached hydrogen (secondary N) is 2. The predicted molar refractivity (Wildman–Crippen MR) is 135 cm³/mol. The molecule has 2 aliphatic rings. The highest BCUT2D eigenvalue weighted by Crippen LogP contribution is 2.40. The fourth-order valence-electron chi connectivity index (χ4n) is 4.63. The lowest BCUT2D eigenvalue weighted by molar-refractivity contribution is -0.122. The first kappa shape index (κ1) is 24.3. The number of hydrogen-bond donors (Lipinski definition) is 4. The number of aromatic nitrogens is 4. The minimum absolute atomic E-state index is 0.00565. The first-order chi connectivity index (χ1) is 16.8. The van der Waals surface area contributed by atoms with E-state index in [4.69, 9.17) is 55.2 Å². The molecule has 1 aliphatic heterocycles. The van der Waals surface area contributed by atoms with Crippen molar-refractivity contribution in [1.29, 1.82) is 0 Å². The van der Waals surface area contributed by atoms with Crippen LogP contribution in [0.25, 0.3) is 11.2 Å². The number of primary amides is 1. The number of fused-ring (bicyclic) bond motifs is 1. The van der Waals surface area contributed by atoms with E-state index in [0.29, 0.717) is 63.3 Å². The zero-order valence-corrected chi connectivity index (χ0v) is 20.8. The van der Waals surface area contributed by atoms with Gasteiger partial charge in [0.15, 0.2) is 5.65 Å². The maximum Gasteiger partial charge on any atom is 0.225 e. The van der Waals surface area contributed by atoms with Crippen molar-refractivity contribution in [3.63, 3.8) is 0 Å². The molecule has 5 rings (SSSR count). The molecule has 5 N–H and O–H groups in total. The Morgan fingerprint density at radius 3 is 2.46 bits per heavy atom. The molecule has 3 aromatic rings. The van der Waals surface area contributed by atoms with Crippen LogP contribution in [0.3, 0.4) is 0 Å². The van der Waals surface area contributed by atoms with Gasteiger partial charge in [-0.1, -0.05) is 34.8 Å². The minimum atomic E-state index is -0.644. The zero-order valence-electron chi connectivity index (χ0n) is 18.5. The second-order valence-corrected chi connectivity index (χ2v) is 10.1. The van der Waals surface area contributed by atoms with Crippen molar-refractivity contribution in [2.75, 3.05) is 23.8 Å². The van der Waals surface area contributed by atoms with E-state index < -0.39 is 6.10 Å². The van der Waals surface area contributed by atoms with Crippen LogP contribution in [-0.4, -0.2) is 55.9 Å². The van der Waals surface area contributed by atoms with E-state index in [1.54, 1.807) is 18.3 Å². The Morgan fingerprint density at radius 1 is 1.11 bits per heavy atom. The summed E-state index contributed by atoms with van der Waals surface area (Å²) in [5, 5.41) is 17.6. The van der Waals surface area contributed by atoms with Gasteiger partial charge in [0.2, 0.25) is 17.8 Å². The number of amides is 1. The first-order valence-electron chi connectivity index (χ1n) is 11.3. The van der Waals surface area contributed by atoms with Crippen LogP contribution in [0, 0.1) is 5.92 Å².